The summed E-state index contributed by atoms with van der Waals surface area (Å²) in [7, 11) is 0. The number of aromatic nitrogens is 1. The number of carbonyl (C=O) groups is 1. The van der Waals surface area contributed by atoms with Gasteiger partial charge in [0.15, 0.2) is 0 Å². The van der Waals surface area contributed by atoms with E-state index >= 15 is 0 Å². The lowest BCUT2D eigenvalue weighted by Crippen LogP contribution is -2.29. The third-order valence-corrected chi connectivity index (χ3v) is 4.36. The van der Waals surface area contributed by atoms with Crippen LogP contribution in [-0.2, 0) is 4.79 Å². The first-order valence-electron chi connectivity index (χ1n) is 9.04. The maximum absolute atomic E-state index is 12.7. The van der Waals surface area contributed by atoms with Gasteiger partial charge in [0, 0.05) is 5.39 Å². The van der Waals surface area contributed by atoms with Gasteiger partial charge in [-0.05, 0) is 30.2 Å². The Kier molecular flexibility index (Phi) is 5.96. The fourth-order valence-electron chi connectivity index (χ4n) is 2.99. The molecule has 1 amide bonds. The number of nitriles is 1. The van der Waals surface area contributed by atoms with E-state index in [2.05, 4.69) is 17.2 Å². The topological polar surface area (TPSA) is 65.8 Å². The maximum Gasteiger partial charge on any atom is 0.262 e. The molecule has 1 atom stereocenters. The number of nitrogens with one attached hydrogen (secondary N) is 1. The highest BCUT2D eigenvalue weighted by Gasteiger charge is 2.17. The Hall–Kier alpha value is -3.45. The molecule has 2 aromatic carbocycles. The number of pyridine rings is 1. The van der Waals surface area contributed by atoms with Gasteiger partial charge in [-0.2, -0.15) is 5.26 Å². The van der Waals surface area contributed by atoms with Gasteiger partial charge in [0.25, 0.3) is 5.91 Å². The molecule has 27 heavy (non-hydrogen) atoms. The molecule has 0 saturated carbocycles. The number of amides is 1. The molecule has 1 N–H and O–H groups in total. The first-order chi connectivity index (χ1) is 13.2. The number of hydrogen-bond acceptors (Lipinski definition) is 3. The fraction of sp³-hybridized carbons (Fsp3) is 0.174. The molecular weight excluding hydrogens is 334 g/mol. The van der Waals surface area contributed by atoms with Crippen LogP contribution in [0, 0.1) is 11.3 Å². The number of nitrogens with zero attached hydrogens (tertiary/aromatic N) is 2. The van der Waals surface area contributed by atoms with E-state index in [1.165, 1.54) is 6.08 Å². The van der Waals surface area contributed by atoms with Crippen molar-refractivity contribution in [2.24, 2.45) is 0 Å². The highest BCUT2D eigenvalue weighted by Crippen LogP contribution is 2.19. The molecule has 4 heteroatoms. The average Bonchev–Trinajstić information content (AvgIpc) is 2.72. The van der Waals surface area contributed by atoms with Crippen molar-refractivity contribution in [2.75, 3.05) is 0 Å². The summed E-state index contributed by atoms with van der Waals surface area (Å²) >= 11 is 0. The molecule has 0 bridgehead atoms. The van der Waals surface area contributed by atoms with Gasteiger partial charge in [-0.1, -0.05) is 67.9 Å². The van der Waals surface area contributed by atoms with E-state index in [1.807, 2.05) is 72.8 Å². The van der Waals surface area contributed by atoms with E-state index in [-0.39, 0.29) is 17.5 Å². The predicted octanol–water partition coefficient (Wildman–Crippen LogP) is 4.80. The number of fused-ring (bicyclic) bond motifs is 1. The van der Waals surface area contributed by atoms with Crippen molar-refractivity contribution in [1.29, 1.82) is 5.26 Å². The molecule has 0 saturated heterocycles. The molecule has 0 fully saturated rings. The average molecular weight is 355 g/mol. The van der Waals surface area contributed by atoms with Crippen LogP contribution in [0.1, 0.15) is 37.1 Å². The van der Waals surface area contributed by atoms with E-state index in [4.69, 9.17) is 0 Å². The van der Waals surface area contributed by atoms with Crippen LogP contribution in [0.3, 0.4) is 0 Å². The smallest absolute Gasteiger partial charge is 0.262 e. The molecule has 1 aromatic heterocycles. The zero-order chi connectivity index (χ0) is 19.1. The summed E-state index contributed by atoms with van der Waals surface area (Å²) < 4.78 is 0. The minimum absolute atomic E-state index is 0.0508. The van der Waals surface area contributed by atoms with E-state index in [0.717, 1.165) is 29.3 Å². The number of benzene rings is 2. The Morgan fingerprint density at radius 1 is 1.11 bits per heavy atom. The van der Waals surface area contributed by atoms with E-state index < -0.39 is 0 Å². The summed E-state index contributed by atoms with van der Waals surface area (Å²) in [5.74, 6) is -0.380. The summed E-state index contributed by atoms with van der Waals surface area (Å²) in [5, 5.41) is 13.5. The predicted molar refractivity (Wildman–Crippen MR) is 108 cm³/mol. The Morgan fingerprint density at radius 3 is 2.59 bits per heavy atom. The zero-order valence-electron chi connectivity index (χ0n) is 15.2. The van der Waals surface area contributed by atoms with Gasteiger partial charge in [-0.3, -0.25) is 4.79 Å². The molecule has 4 nitrogen and oxygen atoms in total. The molecule has 0 unspecified atom stereocenters. The first kappa shape index (κ1) is 18.3. The van der Waals surface area contributed by atoms with Gasteiger partial charge >= 0.3 is 0 Å². The lowest BCUT2D eigenvalue weighted by atomic mass is 10.0. The monoisotopic (exact) mass is 355 g/mol. The lowest BCUT2D eigenvalue weighted by molar-refractivity contribution is -0.117. The van der Waals surface area contributed by atoms with Crippen molar-refractivity contribution >= 4 is 22.9 Å². The minimum atomic E-state index is -0.380. The largest absolute Gasteiger partial charge is 0.345 e. The van der Waals surface area contributed by atoms with Gasteiger partial charge in [-0.25, -0.2) is 4.98 Å². The van der Waals surface area contributed by atoms with Crippen molar-refractivity contribution in [3.63, 3.8) is 0 Å². The van der Waals surface area contributed by atoms with Crippen LogP contribution in [0.15, 0.2) is 72.3 Å². The fourth-order valence-corrected chi connectivity index (χ4v) is 2.99. The number of carbonyl (C=O) groups excluding carboxylic acids is 1. The summed E-state index contributed by atoms with van der Waals surface area (Å²) in [6.07, 6.45) is 3.27. The molecule has 1 heterocycles. The lowest BCUT2D eigenvalue weighted by Gasteiger charge is -2.18. The molecule has 134 valence electrons. The molecule has 3 aromatic rings. The van der Waals surface area contributed by atoms with Gasteiger partial charge in [-0.15, -0.1) is 0 Å². The van der Waals surface area contributed by atoms with Gasteiger partial charge in [0.1, 0.15) is 11.6 Å². The van der Waals surface area contributed by atoms with Crippen LogP contribution < -0.4 is 5.32 Å². The molecule has 0 aliphatic rings. The second kappa shape index (κ2) is 8.77. The Morgan fingerprint density at radius 2 is 1.85 bits per heavy atom. The third kappa shape index (κ3) is 4.59. The van der Waals surface area contributed by atoms with Gasteiger partial charge in [0.2, 0.25) is 0 Å². The molecule has 0 spiro atoms. The van der Waals surface area contributed by atoms with E-state index in [9.17, 15) is 10.1 Å². The SMILES string of the molecule is CCC[C@H](NC(=O)C(C#N)=Cc1ccc2ccccc2n1)c1ccccc1. The zero-order valence-corrected chi connectivity index (χ0v) is 15.2. The normalized spacial score (nSPS) is 12.4. The van der Waals surface area contributed by atoms with Crippen molar-refractivity contribution in [3.8, 4) is 6.07 Å². The van der Waals surface area contributed by atoms with Crippen molar-refractivity contribution in [3.05, 3.63) is 83.6 Å². The number of rotatable bonds is 6. The summed E-state index contributed by atoms with van der Waals surface area (Å²) in [4.78, 5) is 17.2. The summed E-state index contributed by atoms with van der Waals surface area (Å²) in [5.41, 5.74) is 2.51. The molecular formula is C23H21N3O. The molecule has 3 rings (SSSR count). The number of hydrogen-bond donors (Lipinski definition) is 1. The third-order valence-electron chi connectivity index (χ3n) is 4.36. The van der Waals surface area contributed by atoms with Crippen LogP contribution in [0.4, 0.5) is 0 Å². The molecule has 0 aliphatic heterocycles. The van der Waals surface area contributed by atoms with Crippen molar-refractivity contribution < 1.29 is 4.79 Å². The van der Waals surface area contributed by atoms with Crippen LogP contribution >= 0.6 is 0 Å². The maximum atomic E-state index is 12.7. The van der Waals surface area contributed by atoms with Crippen LogP contribution in [0.5, 0.6) is 0 Å². The van der Waals surface area contributed by atoms with Crippen LogP contribution in [0.2, 0.25) is 0 Å². The van der Waals surface area contributed by atoms with Crippen LogP contribution in [-0.4, -0.2) is 10.9 Å². The highest BCUT2D eigenvalue weighted by molar-refractivity contribution is 6.01. The summed E-state index contributed by atoms with van der Waals surface area (Å²) in [6, 6.07) is 23.2. The second-order valence-corrected chi connectivity index (χ2v) is 6.32. The Labute approximate surface area is 159 Å². The van der Waals surface area contributed by atoms with Crippen molar-refractivity contribution in [1.82, 2.24) is 10.3 Å². The quantitative estimate of drug-likeness (QED) is 0.510. The second-order valence-electron chi connectivity index (χ2n) is 6.32. The van der Waals surface area contributed by atoms with Gasteiger partial charge < -0.3 is 5.32 Å². The van der Waals surface area contributed by atoms with E-state index in [1.54, 1.807) is 0 Å². The minimum Gasteiger partial charge on any atom is -0.345 e. The molecule has 0 aliphatic carbocycles. The van der Waals surface area contributed by atoms with Gasteiger partial charge in [0.05, 0.1) is 17.3 Å². The van der Waals surface area contributed by atoms with Crippen molar-refractivity contribution in [2.45, 2.75) is 25.8 Å². The highest BCUT2D eigenvalue weighted by atomic mass is 16.1. The van der Waals surface area contributed by atoms with E-state index in [0.29, 0.717) is 5.69 Å². The Balaban J connectivity index is 1.83. The standard InChI is InChI=1S/C23H21N3O/c1-2-8-21(17-9-4-3-5-10-17)26-23(27)19(16-24)15-20-14-13-18-11-6-7-12-22(18)25-20/h3-7,9-15,21H,2,8H2,1H3,(H,26,27)/t21-/m0/s1. The number of para-hydroxylation sites is 1. The van der Waals surface area contributed by atoms with Crippen LogP contribution in [0.25, 0.3) is 17.0 Å². The summed E-state index contributed by atoms with van der Waals surface area (Å²) in [6.45, 7) is 2.07. The molecule has 0 radical (unpaired) electrons. The first-order valence-corrected chi connectivity index (χ1v) is 9.04. The Bertz CT molecular complexity index is 1000.